The van der Waals surface area contributed by atoms with E-state index in [4.69, 9.17) is 16.0 Å². The Morgan fingerprint density at radius 3 is 2.56 bits per heavy atom. The zero-order chi connectivity index (χ0) is 18.4. The number of hydrogen-bond donors (Lipinski definition) is 0. The predicted octanol–water partition coefficient (Wildman–Crippen LogP) is 5.12. The van der Waals surface area contributed by atoms with Crippen molar-refractivity contribution in [3.63, 3.8) is 0 Å². The maximum Gasteiger partial charge on any atom is 0.247 e. The van der Waals surface area contributed by atoms with Gasteiger partial charge in [0.05, 0.1) is 5.92 Å². The smallest absolute Gasteiger partial charge is 0.247 e. The summed E-state index contributed by atoms with van der Waals surface area (Å²) in [5, 5.41) is 9.62. The third kappa shape index (κ3) is 2.97. The van der Waals surface area contributed by atoms with E-state index in [9.17, 15) is 0 Å². The van der Waals surface area contributed by atoms with Crippen LogP contribution in [-0.2, 0) is 0 Å². The van der Waals surface area contributed by atoms with Gasteiger partial charge in [-0.3, -0.25) is 4.90 Å². The summed E-state index contributed by atoms with van der Waals surface area (Å²) in [6.45, 7) is 0. The van der Waals surface area contributed by atoms with Crippen LogP contribution >= 0.6 is 11.6 Å². The molecular weight excluding hydrogens is 358 g/mol. The van der Waals surface area contributed by atoms with Crippen LogP contribution in [0.4, 0.5) is 0 Å². The Hall–Kier alpha value is -2.17. The Balaban J connectivity index is 1.54. The van der Waals surface area contributed by atoms with Crippen LogP contribution in [0.1, 0.15) is 42.6 Å². The lowest BCUT2D eigenvalue weighted by atomic mass is 9.76. The molecule has 0 amide bonds. The third-order valence-corrected chi connectivity index (χ3v) is 6.57. The highest BCUT2D eigenvalue weighted by atomic mass is 35.5. The number of hydrogen-bond acceptors (Lipinski definition) is 4. The van der Waals surface area contributed by atoms with E-state index in [1.54, 1.807) is 0 Å². The summed E-state index contributed by atoms with van der Waals surface area (Å²) in [7, 11) is 2.24. The molecule has 3 aromatic rings. The van der Waals surface area contributed by atoms with Gasteiger partial charge in [-0.15, -0.1) is 10.2 Å². The van der Waals surface area contributed by atoms with Crippen molar-refractivity contribution in [2.75, 3.05) is 7.05 Å². The first-order valence-corrected chi connectivity index (χ1v) is 9.95. The van der Waals surface area contributed by atoms with Gasteiger partial charge in [-0.2, -0.15) is 0 Å². The van der Waals surface area contributed by atoms with E-state index in [1.807, 2.05) is 42.5 Å². The van der Waals surface area contributed by atoms with Crippen molar-refractivity contribution in [1.29, 1.82) is 0 Å². The maximum absolute atomic E-state index is 6.21. The van der Waals surface area contributed by atoms with Crippen molar-refractivity contribution >= 4 is 11.6 Å². The molecule has 1 aromatic heterocycles. The average molecular weight is 380 g/mol. The average Bonchev–Trinajstić information content (AvgIpc) is 3.26. The van der Waals surface area contributed by atoms with Crippen molar-refractivity contribution in [2.45, 2.75) is 43.2 Å². The number of nitrogens with zero attached hydrogens (tertiary/aromatic N) is 3. The van der Waals surface area contributed by atoms with Gasteiger partial charge >= 0.3 is 0 Å². The monoisotopic (exact) mass is 379 g/mol. The lowest BCUT2D eigenvalue weighted by molar-refractivity contribution is 0.124. The number of halogens is 1. The molecule has 27 heavy (non-hydrogen) atoms. The SMILES string of the molecule is CN1[C@H]2CC[C@@H]1C(c1nnc(-c3ccccc3)o1)[C@@H](c1ccc(Cl)cc1)C2. The molecule has 5 rings (SSSR count). The summed E-state index contributed by atoms with van der Waals surface area (Å²) < 4.78 is 6.21. The number of rotatable bonds is 3. The highest BCUT2D eigenvalue weighted by Gasteiger charge is 2.48. The summed E-state index contributed by atoms with van der Waals surface area (Å²) in [5.74, 6) is 1.94. The molecule has 4 atom stereocenters. The van der Waals surface area contributed by atoms with E-state index in [0.29, 0.717) is 23.9 Å². The van der Waals surface area contributed by atoms with Gasteiger partial charge in [0, 0.05) is 22.7 Å². The molecule has 0 saturated carbocycles. The van der Waals surface area contributed by atoms with E-state index < -0.39 is 0 Å². The molecule has 5 heteroatoms. The molecule has 0 spiro atoms. The van der Waals surface area contributed by atoms with Crippen molar-refractivity contribution < 1.29 is 4.42 Å². The van der Waals surface area contributed by atoms with Crippen LogP contribution in [0.15, 0.2) is 59.0 Å². The lowest BCUT2D eigenvalue weighted by Gasteiger charge is -2.41. The van der Waals surface area contributed by atoms with Crippen LogP contribution < -0.4 is 0 Å². The first-order chi connectivity index (χ1) is 13.2. The highest BCUT2D eigenvalue weighted by Crippen LogP contribution is 2.50. The lowest BCUT2D eigenvalue weighted by Crippen LogP contribution is -2.44. The minimum atomic E-state index is 0.208. The van der Waals surface area contributed by atoms with Gasteiger partial charge in [-0.1, -0.05) is 41.9 Å². The zero-order valence-corrected chi connectivity index (χ0v) is 16.0. The summed E-state index contributed by atoms with van der Waals surface area (Å²) in [4.78, 5) is 2.52. The predicted molar refractivity (Wildman–Crippen MR) is 106 cm³/mol. The van der Waals surface area contributed by atoms with Crippen molar-refractivity contribution in [1.82, 2.24) is 15.1 Å². The minimum Gasteiger partial charge on any atom is -0.420 e. The van der Waals surface area contributed by atoms with Gasteiger partial charge in [0.25, 0.3) is 0 Å². The molecule has 2 aromatic carbocycles. The molecule has 2 fully saturated rings. The topological polar surface area (TPSA) is 42.2 Å². The molecule has 138 valence electrons. The molecule has 0 radical (unpaired) electrons. The molecule has 4 nitrogen and oxygen atoms in total. The van der Waals surface area contributed by atoms with Crippen molar-refractivity contribution in [3.05, 3.63) is 71.1 Å². The number of piperidine rings is 1. The van der Waals surface area contributed by atoms with E-state index in [-0.39, 0.29) is 5.92 Å². The second-order valence-corrected chi connectivity index (χ2v) is 8.13. The van der Waals surface area contributed by atoms with Gasteiger partial charge in [0.15, 0.2) is 0 Å². The Kier molecular flexibility index (Phi) is 4.25. The Morgan fingerprint density at radius 2 is 1.78 bits per heavy atom. The van der Waals surface area contributed by atoms with Crippen LogP contribution in [0.25, 0.3) is 11.5 Å². The van der Waals surface area contributed by atoms with Gasteiger partial charge in [0.2, 0.25) is 11.8 Å². The molecule has 2 aliphatic rings. The Bertz CT molecular complexity index is 924. The summed E-state index contributed by atoms with van der Waals surface area (Å²) >= 11 is 6.12. The van der Waals surface area contributed by atoms with Crippen LogP contribution in [0.2, 0.25) is 5.02 Å². The molecule has 0 aliphatic carbocycles. The second-order valence-electron chi connectivity index (χ2n) is 7.69. The fraction of sp³-hybridized carbons (Fsp3) is 0.364. The van der Waals surface area contributed by atoms with Crippen LogP contribution in [0.5, 0.6) is 0 Å². The Labute approximate surface area is 164 Å². The van der Waals surface area contributed by atoms with Crippen LogP contribution in [0.3, 0.4) is 0 Å². The van der Waals surface area contributed by atoms with Gasteiger partial charge in [-0.05, 0) is 62.1 Å². The van der Waals surface area contributed by atoms with Crippen LogP contribution in [-0.4, -0.2) is 34.2 Å². The molecular formula is C22H22ClN3O. The molecule has 2 aliphatic heterocycles. The fourth-order valence-corrected chi connectivity index (χ4v) is 5.05. The molecule has 0 N–H and O–H groups in total. The summed E-state index contributed by atoms with van der Waals surface area (Å²) in [5.41, 5.74) is 2.28. The standard InChI is InChI=1S/C22H22ClN3O/c1-26-17-11-12-19(26)20(18(13-17)14-7-9-16(23)10-8-14)22-25-24-21(27-22)15-5-3-2-4-6-15/h2-10,17-20H,11-13H2,1H3/t17-,18+,19+,20?/m0/s1. The quantitative estimate of drug-likeness (QED) is 0.633. The number of fused-ring (bicyclic) bond motifs is 2. The molecule has 3 heterocycles. The summed E-state index contributed by atoms with van der Waals surface area (Å²) in [6.07, 6.45) is 3.53. The second kappa shape index (κ2) is 6.77. The van der Waals surface area contributed by atoms with Gasteiger partial charge in [0.1, 0.15) is 0 Å². The molecule has 2 saturated heterocycles. The minimum absolute atomic E-state index is 0.208. The summed E-state index contributed by atoms with van der Waals surface area (Å²) in [6, 6.07) is 19.3. The molecule has 2 bridgehead atoms. The van der Waals surface area contributed by atoms with Gasteiger partial charge < -0.3 is 4.42 Å². The van der Waals surface area contributed by atoms with E-state index in [2.05, 4.69) is 34.3 Å². The number of likely N-dealkylation sites (N-methyl/N-ethyl adjacent to an activating group) is 1. The van der Waals surface area contributed by atoms with Crippen molar-refractivity contribution in [3.8, 4) is 11.5 Å². The van der Waals surface area contributed by atoms with Gasteiger partial charge in [-0.25, -0.2) is 0 Å². The van der Waals surface area contributed by atoms with E-state index >= 15 is 0 Å². The highest BCUT2D eigenvalue weighted by molar-refractivity contribution is 6.30. The first-order valence-electron chi connectivity index (χ1n) is 9.57. The first kappa shape index (κ1) is 17.0. The van der Waals surface area contributed by atoms with E-state index in [0.717, 1.165) is 22.9 Å². The Morgan fingerprint density at radius 1 is 1.00 bits per heavy atom. The fourth-order valence-electron chi connectivity index (χ4n) is 4.92. The maximum atomic E-state index is 6.21. The normalized spacial score (nSPS) is 27.8. The van der Waals surface area contributed by atoms with Crippen LogP contribution in [0, 0.1) is 0 Å². The van der Waals surface area contributed by atoms with E-state index in [1.165, 1.54) is 18.4 Å². The number of aromatic nitrogens is 2. The largest absolute Gasteiger partial charge is 0.420 e. The zero-order valence-electron chi connectivity index (χ0n) is 15.3. The number of benzene rings is 2. The third-order valence-electron chi connectivity index (χ3n) is 6.31. The molecule has 1 unspecified atom stereocenters. The van der Waals surface area contributed by atoms with Crippen molar-refractivity contribution in [2.24, 2.45) is 0 Å².